The van der Waals surface area contributed by atoms with Gasteiger partial charge >= 0.3 is 12.3 Å². The largest absolute Gasteiger partial charge is 0.493 e. The maximum Gasteiger partial charge on any atom is 0.420 e. The molecule has 0 fully saturated rings. The number of halogens is 3. The van der Waals surface area contributed by atoms with E-state index >= 15 is 0 Å². The van der Waals surface area contributed by atoms with Gasteiger partial charge in [-0.1, -0.05) is 18.2 Å². The number of pyridine rings is 1. The number of anilines is 2. The Morgan fingerprint density at radius 1 is 0.897 bits per heavy atom. The number of carbonyl (C=O) groups is 3. The Morgan fingerprint density at radius 2 is 1.56 bits per heavy atom. The van der Waals surface area contributed by atoms with Crippen molar-refractivity contribution < 1.29 is 37.0 Å². The van der Waals surface area contributed by atoms with Crippen LogP contribution in [0, 0.1) is 0 Å². The number of carbonyl (C=O) groups excluding carboxylic acids is 3. The molecule has 0 saturated carbocycles. The van der Waals surface area contributed by atoms with Gasteiger partial charge < -0.3 is 14.8 Å². The molecule has 2 N–H and O–H groups in total. The smallest absolute Gasteiger partial charge is 0.420 e. The lowest BCUT2D eigenvalue weighted by molar-refractivity contribution is -0.138. The third kappa shape index (κ3) is 8.29. The molecular formula is C28H28F3N3O5. The molecule has 2 aromatic carbocycles. The number of nitrogens with zero attached hydrogens (tertiary/aromatic N) is 1. The van der Waals surface area contributed by atoms with Gasteiger partial charge in [-0.15, -0.1) is 0 Å². The van der Waals surface area contributed by atoms with Crippen molar-refractivity contribution >= 4 is 29.2 Å². The normalized spacial score (nSPS) is 11.5. The van der Waals surface area contributed by atoms with Crippen LogP contribution in [0.3, 0.4) is 0 Å². The van der Waals surface area contributed by atoms with Crippen LogP contribution in [0.1, 0.15) is 50.0 Å². The number of alkyl halides is 3. The Kier molecular flexibility index (Phi) is 8.95. The molecule has 0 atom stereocenters. The SMILES string of the molecule is CCOc1cc(NC(=O)OC(C)(C)C)c(NC(=O)CC(=O)c2cccc(-c3ccncc3)c2)cc1C(F)(F)F. The van der Waals surface area contributed by atoms with E-state index < -0.39 is 47.3 Å². The maximum atomic E-state index is 13.8. The first kappa shape index (κ1) is 29.2. The van der Waals surface area contributed by atoms with Gasteiger partial charge in [-0.25, -0.2) is 4.79 Å². The molecule has 39 heavy (non-hydrogen) atoms. The van der Waals surface area contributed by atoms with Crippen molar-refractivity contribution in [3.8, 4) is 16.9 Å². The van der Waals surface area contributed by atoms with Gasteiger partial charge in [0.15, 0.2) is 5.78 Å². The average Bonchev–Trinajstić information content (AvgIpc) is 2.84. The number of hydrogen-bond acceptors (Lipinski definition) is 6. The van der Waals surface area contributed by atoms with Gasteiger partial charge in [0.25, 0.3) is 0 Å². The van der Waals surface area contributed by atoms with Crippen molar-refractivity contribution in [2.75, 3.05) is 17.2 Å². The lowest BCUT2D eigenvalue weighted by atomic mass is 10.0. The third-order valence-electron chi connectivity index (χ3n) is 5.15. The van der Waals surface area contributed by atoms with Crippen LogP contribution < -0.4 is 15.4 Å². The van der Waals surface area contributed by atoms with Crippen LogP contribution in [0.5, 0.6) is 5.75 Å². The topological polar surface area (TPSA) is 107 Å². The Hall–Kier alpha value is -4.41. The molecule has 0 bridgehead atoms. The van der Waals surface area contributed by atoms with Gasteiger partial charge in [0, 0.05) is 24.0 Å². The molecule has 0 saturated heterocycles. The van der Waals surface area contributed by atoms with Crippen molar-refractivity contribution in [3.63, 3.8) is 0 Å². The van der Waals surface area contributed by atoms with E-state index in [1.807, 2.05) is 0 Å². The van der Waals surface area contributed by atoms with Crippen molar-refractivity contribution in [1.82, 2.24) is 4.98 Å². The summed E-state index contributed by atoms with van der Waals surface area (Å²) in [7, 11) is 0. The minimum Gasteiger partial charge on any atom is -0.493 e. The molecule has 2 amide bonds. The van der Waals surface area contributed by atoms with Crippen LogP contribution in [-0.2, 0) is 15.7 Å². The maximum absolute atomic E-state index is 13.8. The first-order valence-corrected chi connectivity index (χ1v) is 12.0. The van der Waals surface area contributed by atoms with E-state index in [0.717, 1.165) is 17.2 Å². The Labute approximate surface area is 223 Å². The fourth-order valence-corrected chi connectivity index (χ4v) is 3.56. The summed E-state index contributed by atoms with van der Waals surface area (Å²) < 4.78 is 51.6. The highest BCUT2D eigenvalue weighted by atomic mass is 19.4. The van der Waals surface area contributed by atoms with Gasteiger partial charge in [0.2, 0.25) is 5.91 Å². The lowest BCUT2D eigenvalue weighted by Gasteiger charge is -2.22. The summed E-state index contributed by atoms with van der Waals surface area (Å²) in [5, 5.41) is 4.66. The van der Waals surface area contributed by atoms with Crippen molar-refractivity contribution in [1.29, 1.82) is 0 Å². The molecule has 0 radical (unpaired) electrons. The van der Waals surface area contributed by atoms with E-state index in [1.54, 1.807) is 63.5 Å². The fraction of sp³-hybridized carbons (Fsp3) is 0.286. The summed E-state index contributed by atoms with van der Waals surface area (Å²) in [5.41, 5.74) is -0.828. The molecule has 206 valence electrons. The highest BCUT2D eigenvalue weighted by Gasteiger charge is 2.36. The number of benzene rings is 2. The molecular weight excluding hydrogens is 515 g/mol. The lowest BCUT2D eigenvalue weighted by Crippen LogP contribution is -2.28. The van der Waals surface area contributed by atoms with Gasteiger partial charge in [0.05, 0.1) is 30.0 Å². The number of aromatic nitrogens is 1. The van der Waals surface area contributed by atoms with E-state index in [4.69, 9.17) is 9.47 Å². The molecule has 0 unspecified atom stereocenters. The molecule has 11 heteroatoms. The summed E-state index contributed by atoms with van der Waals surface area (Å²) in [5.74, 6) is -1.97. The molecule has 3 aromatic rings. The van der Waals surface area contributed by atoms with E-state index in [9.17, 15) is 27.6 Å². The highest BCUT2D eigenvalue weighted by molar-refractivity contribution is 6.12. The fourth-order valence-electron chi connectivity index (χ4n) is 3.56. The van der Waals surface area contributed by atoms with Crippen molar-refractivity contribution in [2.45, 2.75) is 45.9 Å². The predicted octanol–water partition coefficient (Wildman–Crippen LogP) is 6.72. The summed E-state index contributed by atoms with van der Waals surface area (Å²) >= 11 is 0. The number of nitrogens with one attached hydrogen (secondary N) is 2. The number of amides is 2. The second kappa shape index (κ2) is 12.0. The molecule has 0 aliphatic carbocycles. The number of hydrogen-bond donors (Lipinski definition) is 2. The number of ether oxygens (including phenoxy) is 2. The average molecular weight is 544 g/mol. The molecule has 0 aliphatic rings. The van der Waals surface area contributed by atoms with Crippen LogP contribution in [0.2, 0.25) is 0 Å². The first-order valence-electron chi connectivity index (χ1n) is 12.0. The van der Waals surface area contributed by atoms with Crippen LogP contribution in [0.4, 0.5) is 29.3 Å². The zero-order chi connectivity index (χ0) is 28.8. The Morgan fingerprint density at radius 3 is 2.18 bits per heavy atom. The van der Waals surface area contributed by atoms with Crippen molar-refractivity contribution in [3.05, 3.63) is 72.1 Å². The number of ketones is 1. The third-order valence-corrected chi connectivity index (χ3v) is 5.15. The van der Waals surface area contributed by atoms with Crippen LogP contribution >= 0.6 is 0 Å². The monoisotopic (exact) mass is 543 g/mol. The zero-order valence-corrected chi connectivity index (χ0v) is 21.8. The number of rotatable bonds is 8. The standard InChI is InChI=1S/C28H28F3N3O5/c1-5-38-24-15-22(34-26(37)39-27(2,3)4)21(14-20(24)28(29,30)31)33-25(36)16-23(35)19-8-6-7-18(13-19)17-9-11-32-12-10-17/h6-15H,5,16H2,1-4H3,(H,33,36)(H,34,37). The van der Waals surface area contributed by atoms with E-state index in [1.165, 1.54) is 13.0 Å². The van der Waals surface area contributed by atoms with Crippen LogP contribution in [0.15, 0.2) is 60.9 Å². The second-order valence-electron chi connectivity index (χ2n) is 9.42. The minimum atomic E-state index is -4.82. The summed E-state index contributed by atoms with van der Waals surface area (Å²) in [4.78, 5) is 42.0. The van der Waals surface area contributed by atoms with Gasteiger partial charge in [-0.2, -0.15) is 13.2 Å². The highest BCUT2D eigenvalue weighted by Crippen LogP contribution is 2.41. The summed E-state index contributed by atoms with van der Waals surface area (Å²) in [6.45, 7) is 6.27. The van der Waals surface area contributed by atoms with E-state index in [-0.39, 0.29) is 23.5 Å². The van der Waals surface area contributed by atoms with Crippen molar-refractivity contribution in [2.24, 2.45) is 0 Å². The molecule has 1 heterocycles. The summed E-state index contributed by atoms with van der Waals surface area (Å²) in [6.07, 6.45) is -3.22. The van der Waals surface area contributed by atoms with E-state index in [0.29, 0.717) is 6.07 Å². The molecule has 8 nitrogen and oxygen atoms in total. The quantitative estimate of drug-likeness (QED) is 0.241. The number of Topliss-reactive ketones (excluding diaryl/α,β-unsaturated/α-hetero) is 1. The van der Waals surface area contributed by atoms with Crippen LogP contribution in [0.25, 0.3) is 11.1 Å². The predicted molar refractivity (Wildman–Crippen MR) is 140 cm³/mol. The van der Waals surface area contributed by atoms with Gasteiger partial charge in [-0.05, 0) is 63.1 Å². The molecule has 1 aromatic heterocycles. The van der Waals surface area contributed by atoms with Crippen LogP contribution in [-0.4, -0.2) is 35.0 Å². The molecule has 0 aliphatic heterocycles. The Bertz CT molecular complexity index is 1350. The second-order valence-corrected chi connectivity index (χ2v) is 9.42. The summed E-state index contributed by atoms with van der Waals surface area (Å²) in [6, 6.07) is 11.7. The minimum absolute atomic E-state index is 0.0757. The molecule has 3 rings (SSSR count). The van der Waals surface area contributed by atoms with Gasteiger partial charge in [0.1, 0.15) is 11.4 Å². The molecule has 0 spiro atoms. The first-order chi connectivity index (χ1) is 18.3. The zero-order valence-electron chi connectivity index (χ0n) is 21.8. The Balaban J connectivity index is 1.88. The van der Waals surface area contributed by atoms with E-state index in [2.05, 4.69) is 15.6 Å². The van der Waals surface area contributed by atoms with Gasteiger partial charge in [-0.3, -0.25) is 19.9 Å².